The maximum atomic E-state index is 5.40. The van der Waals surface area contributed by atoms with Crippen LogP contribution in [0.1, 0.15) is 37.9 Å². The van der Waals surface area contributed by atoms with Crippen LogP contribution in [0.5, 0.6) is 0 Å². The Morgan fingerprint density at radius 2 is 2.21 bits per heavy atom. The van der Waals surface area contributed by atoms with Gasteiger partial charge in [-0.15, -0.1) is 11.3 Å². The van der Waals surface area contributed by atoms with Gasteiger partial charge >= 0.3 is 0 Å². The van der Waals surface area contributed by atoms with Crippen molar-refractivity contribution in [3.8, 4) is 0 Å². The van der Waals surface area contributed by atoms with Crippen LogP contribution in [-0.4, -0.2) is 11.5 Å². The van der Waals surface area contributed by atoms with Gasteiger partial charge in [0, 0.05) is 10.8 Å². The molecule has 0 bridgehead atoms. The summed E-state index contributed by atoms with van der Waals surface area (Å²) in [5.74, 6) is 0. The van der Waals surface area contributed by atoms with Gasteiger partial charge in [0.05, 0.1) is 10.7 Å². The number of hydrogen-bond acceptors (Lipinski definition) is 3. The lowest BCUT2D eigenvalue weighted by Crippen LogP contribution is -2.10. The van der Waals surface area contributed by atoms with E-state index in [-0.39, 0.29) is 5.41 Å². The van der Waals surface area contributed by atoms with Crippen molar-refractivity contribution in [1.29, 1.82) is 0 Å². The van der Waals surface area contributed by atoms with Crippen molar-refractivity contribution >= 4 is 17.4 Å². The first-order valence-electron chi connectivity index (χ1n) is 4.86. The van der Waals surface area contributed by atoms with Gasteiger partial charge in [0.2, 0.25) is 0 Å². The second kappa shape index (κ2) is 4.71. The summed E-state index contributed by atoms with van der Waals surface area (Å²) in [7, 11) is 0. The highest BCUT2D eigenvalue weighted by molar-refractivity contribution is 7.09. The first kappa shape index (κ1) is 11.4. The van der Waals surface area contributed by atoms with E-state index in [0.717, 1.165) is 12.1 Å². The molecule has 2 nitrogen and oxygen atoms in total. The summed E-state index contributed by atoms with van der Waals surface area (Å²) < 4.78 is 0. The minimum Gasteiger partial charge on any atom is -0.330 e. The van der Waals surface area contributed by atoms with E-state index in [0.29, 0.717) is 6.54 Å². The fourth-order valence-electron chi connectivity index (χ4n) is 1.01. The third-order valence-corrected chi connectivity index (χ3v) is 3.07. The Labute approximate surface area is 89.9 Å². The van der Waals surface area contributed by atoms with E-state index in [9.17, 15) is 0 Å². The van der Waals surface area contributed by atoms with E-state index in [1.54, 1.807) is 11.3 Å². The van der Waals surface area contributed by atoms with Crippen LogP contribution in [0.3, 0.4) is 0 Å². The van der Waals surface area contributed by atoms with Crippen molar-refractivity contribution < 1.29 is 0 Å². The summed E-state index contributed by atoms with van der Waals surface area (Å²) in [5.41, 5.74) is 6.60. The number of aromatic nitrogens is 1. The zero-order valence-corrected chi connectivity index (χ0v) is 9.90. The molecule has 0 aliphatic rings. The summed E-state index contributed by atoms with van der Waals surface area (Å²) >= 11 is 1.72. The summed E-state index contributed by atoms with van der Waals surface area (Å²) in [5, 5.41) is 3.28. The molecular formula is C11H18N2S. The third kappa shape index (κ3) is 3.24. The van der Waals surface area contributed by atoms with Gasteiger partial charge in [-0.25, -0.2) is 4.98 Å². The van der Waals surface area contributed by atoms with Crippen molar-refractivity contribution in [2.75, 3.05) is 6.54 Å². The van der Waals surface area contributed by atoms with Gasteiger partial charge in [0.25, 0.3) is 0 Å². The minimum atomic E-state index is 0.157. The predicted octanol–water partition coefficient (Wildman–Crippen LogP) is 2.80. The number of rotatable bonds is 3. The minimum absolute atomic E-state index is 0.157. The molecule has 0 aliphatic heterocycles. The molecule has 1 aromatic heterocycles. The molecule has 0 saturated heterocycles. The van der Waals surface area contributed by atoms with Crippen molar-refractivity contribution in [1.82, 2.24) is 4.98 Å². The molecule has 0 saturated carbocycles. The van der Waals surface area contributed by atoms with Gasteiger partial charge in [-0.3, -0.25) is 0 Å². The van der Waals surface area contributed by atoms with Gasteiger partial charge in [0.1, 0.15) is 0 Å². The Bertz CT molecular complexity index is 307. The smallest absolute Gasteiger partial charge is 0.0985 e. The molecule has 1 aromatic rings. The van der Waals surface area contributed by atoms with Crippen molar-refractivity contribution in [2.24, 2.45) is 5.73 Å². The first-order valence-corrected chi connectivity index (χ1v) is 5.74. The molecule has 2 N–H and O–H groups in total. The van der Waals surface area contributed by atoms with Crippen molar-refractivity contribution in [2.45, 2.75) is 32.6 Å². The van der Waals surface area contributed by atoms with Crippen LogP contribution in [0.2, 0.25) is 0 Å². The van der Waals surface area contributed by atoms with Gasteiger partial charge in [0.15, 0.2) is 0 Å². The van der Waals surface area contributed by atoms with Crippen LogP contribution in [0.15, 0.2) is 11.5 Å². The Kier molecular flexibility index (Phi) is 3.84. The topological polar surface area (TPSA) is 38.9 Å². The third-order valence-electron chi connectivity index (χ3n) is 1.79. The molecule has 78 valence electrons. The molecular weight excluding hydrogens is 192 g/mol. The second-order valence-electron chi connectivity index (χ2n) is 4.31. The lowest BCUT2D eigenvalue weighted by Gasteiger charge is -2.13. The second-order valence-corrected chi connectivity index (χ2v) is 5.17. The zero-order valence-electron chi connectivity index (χ0n) is 9.08. The van der Waals surface area contributed by atoms with E-state index in [2.05, 4.69) is 37.2 Å². The maximum Gasteiger partial charge on any atom is 0.0985 e. The molecule has 3 heteroatoms. The van der Waals surface area contributed by atoms with Gasteiger partial charge in [-0.2, -0.15) is 0 Å². The molecule has 1 heterocycles. The Balaban J connectivity index is 2.69. The maximum absolute atomic E-state index is 5.40. The summed E-state index contributed by atoms with van der Waals surface area (Å²) in [4.78, 5) is 4.54. The van der Waals surface area contributed by atoms with Gasteiger partial charge in [-0.05, 0) is 19.0 Å². The Morgan fingerprint density at radius 3 is 2.71 bits per heavy atom. The van der Waals surface area contributed by atoms with E-state index in [4.69, 9.17) is 5.73 Å². The number of hydrogen-bond donors (Lipinski definition) is 1. The fourth-order valence-corrected chi connectivity index (χ4v) is 1.88. The number of nitrogens with zero attached hydrogens (tertiary/aromatic N) is 1. The van der Waals surface area contributed by atoms with E-state index < -0.39 is 0 Å². The van der Waals surface area contributed by atoms with Crippen LogP contribution in [0.4, 0.5) is 0 Å². The molecule has 0 spiro atoms. The highest BCUT2D eigenvalue weighted by atomic mass is 32.1. The molecule has 0 unspecified atom stereocenters. The highest BCUT2D eigenvalue weighted by Crippen LogP contribution is 2.25. The Hall–Kier alpha value is -0.670. The molecule has 14 heavy (non-hydrogen) atoms. The molecule has 0 aliphatic carbocycles. The Morgan fingerprint density at radius 1 is 1.50 bits per heavy atom. The average Bonchev–Trinajstić information content (AvgIpc) is 2.52. The van der Waals surface area contributed by atoms with E-state index >= 15 is 0 Å². The molecule has 0 fully saturated rings. The molecule has 0 aromatic carbocycles. The monoisotopic (exact) mass is 210 g/mol. The largest absolute Gasteiger partial charge is 0.330 e. The average molecular weight is 210 g/mol. The molecule has 0 atom stereocenters. The zero-order chi connectivity index (χ0) is 10.6. The van der Waals surface area contributed by atoms with Crippen LogP contribution >= 0.6 is 11.3 Å². The lowest BCUT2D eigenvalue weighted by molar-refractivity contribution is 0.585. The SMILES string of the molecule is CC(C)(C)c1nc(/C=C/CCN)cs1. The van der Waals surface area contributed by atoms with Crippen molar-refractivity contribution in [3.63, 3.8) is 0 Å². The normalized spacial score (nSPS) is 12.6. The first-order chi connectivity index (χ1) is 6.54. The van der Waals surface area contributed by atoms with Crippen LogP contribution in [0.25, 0.3) is 6.08 Å². The van der Waals surface area contributed by atoms with E-state index in [1.165, 1.54) is 5.01 Å². The summed E-state index contributed by atoms with van der Waals surface area (Å²) in [6, 6.07) is 0. The van der Waals surface area contributed by atoms with Crippen molar-refractivity contribution in [3.05, 3.63) is 22.2 Å². The van der Waals surface area contributed by atoms with E-state index in [1.807, 2.05) is 6.08 Å². The molecule has 1 rings (SSSR count). The van der Waals surface area contributed by atoms with Crippen LogP contribution in [0, 0.1) is 0 Å². The van der Waals surface area contributed by atoms with Crippen LogP contribution in [-0.2, 0) is 5.41 Å². The summed E-state index contributed by atoms with van der Waals surface area (Å²) in [6.45, 7) is 7.24. The van der Waals surface area contributed by atoms with Gasteiger partial charge in [-0.1, -0.05) is 26.8 Å². The molecule has 0 radical (unpaired) electrons. The number of thiazole rings is 1. The highest BCUT2D eigenvalue weighted by Gasteiger charge is 2.16. The van der Waals surface area contributed by atoms with Crippen LogP contribution < -0.4 is 5.73 Å². The quantitative estimate of drug-likeness (QED) is 0.833. The van der Waals surface area contributed by atoms with Gasteiger partial charge < -0.3 is 5.73 Å². The summed E-state index contributed by atoms with van der Waals surface area (Å²) in [6.07, 6.45) is 5.03. The molecule has 0 amide bonds. The lowest BCUT2D eigenvalue weighted by atomic mass is 9.98. The standard InChI is InChI=1S/C11H18N2S/c1-11(2,3)10-13-9(8-14-10)6-4-5-7-12/h4,6,8H,5,7,12H2,1-3H3/b6-4+. The predicted molar refractivity (Wildman–Crippen MR) is 63.5 cm³/mol. The number of nitrogens with two attached hydrogens (primary N) is 1. The fraction of sp³-hybridized carbons (Fsp3) is 0.545.